The molecule has 0 aliphatic rings. The van der Waals surface area contributed by atoms with Gasteiger partial charge >= 0.3 is 6.18 Å². The van der Waals surface area contributed by atoms with E-state index in [1.165, 1.54) is 42.5 Å². The lowest BCUT2D eigenvalue weighted by atomic mass is 10.1. The third-order valence-electron chi connectivity index (χ3n) is 3.49. The number of alkyl halides is 3. The monoisotopic (exact) mass is 438 g/mol. The molecule has 0 aromatic heterocycles. The Balaban J connectivity index is 2.04. The Morgan fingerprint density at radius 3 is 2.19 bits per heavy atom. The van der Waals surface area contributed by atoms with Crippen molar-refractivity contribution in [3.63, 3.8) is 0 Å². The molecule has 0 heterocycles. The number of phenolic OH excluding ortho intramolecular Hbond substituents is 1. The predicted molar refractivity (Wildman–Crippen MR) is 99.9 cm³/mol. The molecule has 0 spiro atoms. The molecule has 0 amide bonds. The molecule has 2 aromatic carbocycles. The van der Waals surface area contributed by atoms with Crippen LogP contribution in [-0.2, 0) is 15.8 Å². The molecule has 0 saturated heterocycles. The summed E-state index contributed by atoms with van der Waals surface area (Å²) in [7, 11) is 0. The van der Waals surface area contributed by atoms with Crippen molar-refractivity contribution in [3.8, 4) is 5.75 Å². The van der Waals surface area contributed by atoms with Crippen molar-refractivity contribution >= 4 is 39.6 Å². The molecule has 140 valence electrons. The van der Waals surface area contributed by atoms with Gasteiger partial charge in [-0.05, 0) is 47.5 Å². The van der Waals surface area contributed by atoms with E-state index in [-0.39, 0.29) is 11.3 Å². The first-order chi connectivity index (χ1) is 12.7. The second-order valence-electron chi connectivity index (χ2n) is 5.57. The van der Waals surface area contributed by atoms with Crippen LogP contribution in [0, 0.1) is 0 Å². The van der Waals surface area contributed by atoms with Crippen LogP contribution in [0.1, 0.15) is 23.1 Å². The fourth-order valence-electron chi connectivity index (χ4n) is 2.21. The van der Waals surface area contributed by atoms with Crippen LogP contribution in [0.5, 0.6) is 5.75 Å². The first kappa shape index (κ1) is 20.6. The van der Waals surface area contributed by atoms with Gasteiger partial charge in [-0.1, -0.05) is 46.3 Å². The lowest BCUT2D eigenvalue weighted by Crippen LogP contribution is -2.07. The fraction of sp³-hybridized carbons (Fsp3) is 0.100. The number of halogens is 4. The number of carbonyl (C=O) groups excluding carboxylic acids is 2. The molecule has 3 nitrogen and oxygen atoms in total. The summed E-state index contributed by atoms with van der Waals surface area (Å²) in [5.74, 6) is -1.10. The maximum atomic E-state index is 12.9. The molecule has 7 heteroatoms. The number of carbonyl (C=O) groups is 2. The van der Waals surface area contributed by atoms with Gasteiger partial charge in [0.1, 0.15) is 5.75 Å². The molecular formula is C20H14BrF3O3. The largest absolute Gasteiger partial charge is 0.508 e. The maximum absolute atomic E-state index is 12.9. The van der Waals surface area contributed by atoms with Crippen LogP contribution >= 0.6 is 15.9 Å². The molecule has 0 atom stereocenters. The topological polar surface area (TPSA) is 54.4 Å². The average Bonchev–Trinajstić information content (AvgIpc) is 2.60. The van der Waals surface area contributed by atoms with E-state index < -0.39 is 29.7 Å². The number of phenols is 1. The van der Waals surface area contributed by atoms with Gasteiger partial charge in [0.05, 0.1) is 12.0 Å². The number of hydrogen-bond donors (Lipinski definition) is 1. The van der Waals surface area contributed by atoms with Gasteiger partial charge in [-0.25, -0.2) is 0 Å². The van der Waals surface area contributed by atoms with E-state index in [1.54, 1.807) is 6.07 Å². The van der Waals surface area contributed by atoms with Crippen molar-refractivity contribution in [2.75, 3.05) is 0 Å². The summed E-state index contributed by atoms with van der Waals surface area (Å²) in [5, 5.41) is 9.42. The number of rotatable bonds is 6. The van der Waals surface area contributed by atoms with Crippen LogP contribution in [0.3, 0.4) is 0 Å². The standard InChI is InChI=1S/C20H14BrF3O3/c21-19-10-9-15(25)11-14(19)6-8-17(27)12-16(26)7-5-13-3-1-2-4-18(13)20(22,23)24/h1-11,25H,12H2/b7-5+,8-6+. The summed E-state index contributed by atoms with van der Waals surface area (Å²) in [6, 6.07) is 9.36. The van der Waals surface area contributed by atoms with Crippen LogP contribution in [0.2, 0.25) is 0 Å². The molecule has 0 saturated carbocycles. The van der Waals surface area contributed by atoms with Gasteiger partial charge < -0.3 is 5.11 Å². The first-order valence-electron chi connectivity index (χ1n) is 7.73. The lowest BCUT2D eigenvalue weighted by molar-refractivity contribution is -0.137. The minimum absolute atomic E-state index is 0.0210. The van der Waals surface area contributed by atoms with Gasteiger partial charge in [0.25, 0.3) is 0 Å². The van der Waals surface area contributed by atoms with E-state index in [0.29, 0.717) is 10.0 Å². The molecular weight excluding hydrogens is 425 g/mol. The van der Waals surface area contributed by atoms with E-state index in [0.717, 1.165) is 18.2 Å². The zero-order valence-electron chi connectivity index (χ0n) is 13.8. The Labute approximate surface area is 162 Å². The Morgan fingerprint density at radius 2 is 1.56 bits per heavy atom. The van der Waals surface area contributed by atoms with Gasteiger partial charge in [-0.2, -0.15) is 13.2 Å². The highest BCUT2D eigenvalue weighted by Crippen LogP contribution is 2.32. The minimum atomic E-state index is -4.53. The summed E-state index contributed by atoms with van der Waals surface area (Å²) in [5.41, 5.74) is -0.454. The summed E-state index contributed by atoms with van der Waals surface area (Å²) in [4.78, 5) is 23.7. The summed E-state index contributed by atoms with van der Waals surface area (Å²) >= 11 is 3.26. The first-order valence-corrected chi connectivity index (χ1v) is 8.52. The van der Waals surface area contributed by atoms with E-state index in [9.17, 15) is 27.9 Å². The van der Waals surface area contributed by atoms with Gasteiger partial charge in [-0.15, -0.1) is 0 Å². The maximum Gasteiger partial charge on any atom is 0.416 e. The van der Waals surface area contributed by atoms with Gasteiger partial charge in [0.15, 0.2) is 11.6 Å². The van der Waals surface area contributed by atoms with Crippen molar-refractivity contribution in [1.29, 1.82) is 0 Å². The second kappa shape index (κ2) is 8.81. The molecule has 0 aliphatic carbocycles. The highest BCUT2D eigenvalue weighted by molar-refractivity contribution is 9.10. The quantitative estimate of drug-likeness (QED) is 0.483. The average molecular weight is 439 g/mol. The third kappa shape index (κ3) is 6.21. The number of aromatic hydroxyl groups is 1. The van der Waals surface area contributed by atoms with E-state index in [1.807, 2.05) is 0 Å². The Hall–Kier alpha value is -2.67. The van der Waals surface area contributed by atoms with Crippen molar-refractivity contribution in [3.05, 3.63) is 75.8 Å². The van der Waals surface area contributed by atoms with Crippen molar-refractivity contribution in [2.45, 2.75) is 12.6 Å². The van der Waals surface area contributed by atoms with Gasteiger partial charge in [0.2, 0.25) is 0 Å². The van der Waals surface area contributed by atoms with E-state index in [4.69, 9.17) is 0 Å². The zero-order valence-corrected chi connectivity index (χ0v) is 15.4. The predicted octanol–water partition coefficient (Wildman–Crippen LogP) is 5.43. The molecule has 1 N–H and O–H groups in total. The second-order valence-corrected chi connectivity index (χ2v) is 6.42. The van der Waals surface area contributed by atoms with Crippen molar-refractivity contribution < 1.29 is 27.9 Å². The summed E-state index contributed by atoms with van der Waals surface area (Å²) < 4.78 is 39.4. The highest BCUT2D eigenvalue weighted by atomic mass is 79.9. The molecule has 0 radical (unpaired) electrons. The SMILES string of the molecule is O=C(/C=C/c1cc(O)ccc1Br)CC(=O)/C=C/c1ccccc1C(F)(F)F. The van der Waals surface area contributed by atoms with Crippen LogP contribution in [0.15, 0.2) is 59.1 Å². The molecule has 0 aliphatic heterocycles. The third-order valence-corrected chi connectivity index (χ3v) is 4.21. The molecule has 2 aromatic rings. The number of benzene rings is 2. The number of hydrogen-bond acceptors (Lipinski definition) is 3. The van der Waals surface area contributed by atoms with Crippen molar-refractivity contribution in [2.24, 2.45) is 0 Å². The highest BCUT2D eigenvalue weighted by Gasteiger charge is 2.32. The Morgan fingerprint density at radius 1 is 0.963 bits per heavy atom. The van der Waals surface area contributed by atoms with Crippen LogP contribution < -0.4 is 0 Å². The van der Waals surface area contributed by atoms with Gasteiger partial charge in [-0.3, -0.25) is 9.59 Å². The minimum Gasteiger partial charge on any atom is -0.508 e. The molecule has 0 fully saturated rings. The Kier molecular flexibility index (Phi) is 6.74. The van der Waals surface area contributed by atoms with Crippen LogP contribution in [-0.4, -0.2) is 16.7 Å². The molecule has 0 bridgehead atoms. The van der Waals surface area contributed by atoms with Crippen molar-refractivity contribution in [1.82, 2.24) is 0 Å². The normalized spacial score (nSPS) is 12.0. The molecule has 0 unspecified atom stereocenters. The number of allylic oxidation sites excluding steroid dienone is 2. The molecule has 27 heavy (non-hydrogen) atoms. The lowest BCUT2D eigenvalue weighted by Gasteiger charge is -2.09. The zero-order chi connectivity index (χ0) is 20.0. The smallest absolute Gasteiger partial charge is 0.416 e. The fourth-order valence-corrected chi connectivity index (χ4v) is 2.59. The Bertz CT molecular complexity index is 915. The van der Waals surface area contributed by atoms with Crippen LogP contribution in [0.25, 0.3) is 12.2 Å². The van der Waals surface area contributed by atoms with Gasteiger partial charge in [0, 0.05) is 4.47 Å². The summed E-state index contributed by atoms with van der Waals surface area (Å²) in [6.45, 7) is 0. The molecule has 2 rings (SSSR count). The van der Waals surface area contributed by atoms with Crippen LogP contribution in [0.4, 0.5) is 13.2 Å². The summed E-state index contributed by atoms with van der Waals surface area (Å²) in [6.07, 6.45) is -0.389. The van der Waals surface area contributed by atoms with E-state index in [2.05, 4.69) is 15.9 Å². The van der Waals surface area contributed by atoms with E-state index >= 15 is 0 Å². The number of ketones is 2.